The number of nitrogen functional groups attached to an aromatic ring is 1. The van der Waals surface area contributed by atoms with E-state index in [-0.39, 0.29) is 11.7 Å². The molecule has 0 aliphatic carbocycles. The van der Waals surface area contributed by atoms with Gasteiger partial charge >= 0.3 is 0 Å². The molecule has 1 aromatic carbocycles. The van der Waals surface area contributed by atoms with Gasteiger partial charge in [-0.25, -0.2) is 0 Å². The number of carbonyl (C=O) groups excluding carboxylic acids is 1. The van der Waals surface area contributed by atoms with Gasteiger partial charge in [0.2, 0.25) is 0 Å². The average Bonchev–Trinajstić information content (AvgIpc) is 2.40. The Balaban J connectivity index is 2.26. The van der Waals surface area contributed by atoms with Crippen LogP contribution >= 0.6 is 0 Å². The predicted molar refractivity (Wildman–Crippen MR) is 71.5 cm³/mol. The van der Waals surface area contributed by atoms with E-state index in [1.807, 2.05) is 4.90 Å². The Bertz CT molecular complexity index is 445. The highest BCUT2D eigenvalue weighted by Crippen LogP contribution is 2.25. The largest absolute Gasteiger partial charge is 0.508 e. The second-order valence-electron chi connectivity index (χ2n) is 4.83. The van der Waals surface area contributed by atoms with Crippen molar-refractivity contribution in [2.24, 2.45) is 0 Å². The summed E-state index contributed by atoms with van der Waals surface area (Å²) in [5, 5.41) is 9.48. The van der Waals surface area contributed by atoms with E-state index >= 15 is 0 Å². The molecule has 0 radical (unpaired) electrons. The first-order valence-electron chi connectivity index (χ1n) is 6.53. The molecule has 1 amide bonds. The minimum Gasteiger partial charge on any atom is -0.508 e. The zero-order valence-electron chi connectivity index (χ0n) is 10.7. The van der Waals surface area contributed by atoms with E-state index in [4.69, 9.17) is 5.73 Å². The number of nitrogens with two attached hydrogens (primary N) is 1. The number of phenolic OH excluding ortho intramolecular Hbond substituents is 1. The van der Waals surface area contributed by atoms with Crippen molar-refractivity contribution in [2.45, 2.75) is 38.6 Å². The van der Waals surface area contributed by atoms with Crippen molar-refractivity contribution in [3.05, 3.63) is 23.8 Å². The molecule has 0 bridgehead atoms. The van der Waals surface area contributed by atoms with Gasteiger partial charge in [-0.3, -0.25) is 4.79 Å². The lowest BCUT2D eigenvalue weighted by Crippen LogP contribution is -2.43. The number of likely N-dealkylation sites (tertiary alicyclic amines) is 1. The molecule has 1 aromatic rings. The quantitative estimate of drug-likeness (QED) is 0.623. The summed E-state index contributed by atoms with van der Waals surface area (Å²) in [6, 6.07) is 4.83. The SMILES string of the molecule is CCC1CCCCN1C(=O)c1cc(O)ccc1N. The van der Waals surface area contributed by atoms with Crippen LogP contribution in [0.4, 0.5) is 5.69 Å². The number of hydrogen-bond donors (Lipinski definition) is 2. The molecule has 1 saturated heterocycles. The maximum Gasteiger partial charge on any atom is 0.256 e. The first kappa shape index (κ1) is 12.7. The van der Waals surface area contributed by atoms with Gasteiger partial charge in [0.15, 0.2) is 0 Å². The number of rotatable bonds is 2. The fourth-order valence-electron chi connectivity index (χ4n) is 2.58. The number of hydrogen-bond acceptors (Lipinski definition) is 3. The number of benzene rings is 1. The molecule has 18 heavy (non-hydrogen) atoms. The van der Waals surface area contributed by atoms with Crippen molar-refractivity contribution in [1.82, 2.24) is 4.90 Å². The second-order valence-corrected chi connectivity index (χ2v) is 4.83. The lowest BCUT2D eigenvalue weighted by molar-refractivity contribution is 0.0609. The van der Waals surface area contributed by atoms with E-state index in [0.717, 1.165) is 25.8 Å². The van der Waals surface area contributed by atoms with Crippen LogP contribution in [0.3, 0.4) is 0 Å². The van der Waals surface area contributed by atoms with Crippen LogP contribution in [-0.4, -0.2) is 28.5 Å². The van der Waals surface area contributed by atoms with Crippen LogP contribution in [0.1, 0.15) is 43.0 Å². The summed E-state index contributed by atoms with van der Waals surface area (Å²) in [6.07, 6.45) is 4.24. The van der Waals surface area contributed by atoms with Gasteiger partial charge in [-0.2, -0.15) is 0 Å². The zero-order valence-corrected chi connectivity index (χ0v) is 10.7. The van der Waals surface area contributed by atoms with Crippen LogP contribution in [0.2, 0.25) is 0 Å². The molecule has 1 aliphatic heterocycles. The highest BCUT2D eigenvalue weighted by atomic mass is 16.3. The van der Waals surface area contributed by atoms with Gasteiger partial charge in [0, 0.05) is 18.3 Å². The number of aromatic hydroxyl groups is 1. The van der Waals surface area contributed by atoms with Crippen LogP contribution < -0.4 is 5.73 Å². The normalized spacial score (nSPS) is 19.8. The van der Waals surface area contributed by atoms with Gasteiger partial charge in [-0.05, 0) is 43.9 Å². The summed E-state index contributed by atoms with van der Waals surface area (Å²) < 4.78 is 0. The number of carbonyl (C=O) groups is 1. The summed E-state index contributed by atoms with van der Waals surface area (Å²) in [6.45, 7) is 2.88. The Morgan fingerprint density at radius 3 is 3.00 bits per heavy atom. The standard InChI is InChI=1S/C14H20N2O2/c1-2-10-5-3-4-8-16(10)14(18)12-9-11(17)6-7-13(12)15/h6-7,9-10,17H,2-5,8,15H2,1H3. The molecule has 0 aromatic heterocycles. The molecule has 4 heteroatoms. The van der Waals surface area contributed by atoms with Crippen molar-refractivity contribution < 1.29 is 9.90 Å². The van der Waals surface area contributed by atoms with Gasteiger partial charge in [0.25, 0.3) is 5.91 Å². The number of phenols is 1. The molecular formula is C14H20N2O2. The summed E-state index contributed by atoms with van der Waals surface area (Å²) >= 11 is 0. The van der Waals surface area contributed by atoms with E-state index in [2.05, 4.69) is 6.92 Å². The molecule has 4 nitrogen and oxygen atoms in total. The number of piperidine rings is 1. The van der Waals surface area contributed by atoms with Crippen molar-refractivity contribution >= 4 is 11.6 Å². The highest BCUT2D eigenvalue weighted by molar-refractivity contribution is 5.99. The zero-order chi connectivity index (χ0) is 13.1. The Morgan fingerprint density at radius 2 is 2.28 bits per heavy atom. The molecule has 98 valence electrons. The van der Waals surface area contributed by atoms with Crippen molar-refractivity contribution in [3.63, 3.8) is 0 Å². The summed E-state index contributed by atoms with van der Waals surface area (Å²) in [5.74, 6) is 0.0209. The summed E-state index contributed by atoms with van der Waals surface area (Å²) in [4.78, 5) is 14.4. The van der Waals surface area contributed by atoms with E-state index in [1.54, 1.807) is 6.07 Å². The summed E-state index contributed by atoms with van der Waals surface area (Å²) in [5.41, 5.74) is 6.67. The summed E-state index contributed by atoms with van der Waals surface area (Å²) in [7, 11) is 0. The van der Waals surface area contributed by atoms with Gasteiger partial charge in [-0.15, -0.1) is 0 Å². The number of anilines is 1. The third-order valence-electron chi connectivity index (χ3n) is 3.63. The van der Waals surface area contributed by atoms with Crippen LogP contribution in [0.5, 0.6) is 5.75 Å². The fourth-order valence-corrected chi connectivity index (χ4v) is 2.58. The maximum atomic E-state index is 12.5. The third kappa shape index (κ3) is 2.42. The van der Waals surface area contributed by atoms with Crippen LogP contribution in [-0.2, 0) is 0 Å². The van der Waals surface area contributed by atoms with Gasteiger partial charge < -0.3 is 15.7 Å². The number of amides is 1. The Kier molecular flexibility index (Phi) is 3.75. The minimum atomic E-state index is -0.0602. The maximum absolute atomic E-state index is 12.5. The molecule has 1 heterocycles. The minimum absolute atomic E-state index is 0.0602. The van der Waals surface area contributed by atoms with E-state index < -0.39 is 0 Å². The van der Waals surface area contributed by atoms with Gasteiger partial charge in [-0.1, -0.05) is 6.92 Å². The van der Waals surface area contributed by atoms with Crippen molar-refractivity contribution in [3.8, 4) is 5.75 Å². The topological polar surface area (TPSA) is 66.6 Å². The van der Waals surface area contributed by atoms with Crippen LogP contribution in [0, 0.1) is 0 Å². The van der Waals surface area contributed by atoms with Crippen molar-refractivity contribution in [2.75, 3.05) is 12.3 Å². The fraction of sp³-hybridized carbons (Fsp3) is 0.500. The molecule has 1 unspecified atom stereocenters. The first-order valence-corrected chi connectivity index (χ1v) is 6.53. The third-order valence-corrected chi connectivity index (χ3v) is 3.63. The molecule has 1 atom stereocenters. The lowest BCUT2D eigenvalue weighted by Gasteiger charge is -2.35. The Morgan fingerprint density at radius 1 is 1.50 bits per heavy atom. The first-order chi connectivity index (χ1) is 8.63. The second kappa shape index (κ2) is 5.29. The van der Waals surface area contributed by atoms with Gasteiger partial charge in [0.05, 0.1) is 5.56 Å². The smallest absolute Gasteiger partial charge is 0.256 e. The molecular weight excluding hydrogens is 228 g/mol. The molecule has 3 N–H and O–H groups in total. The Hall–Kier alpha value is -1.71. The molecule has 2 rings (SSSR count). The Labute approximate surface area is 107 Å². The molecule has 0 saturated carbocycles. The monoisotopic (exact) mass is 248 g/mol. The van der Waals surface area contributed by atoms with Crippen LogP contribution in [0.15, 0.2) is 18.2 Å². The van der Waals surface area contributed by atoms with E-state index in [1.165, 1.54) is 18.6 Å². The van der Waals surface area contributed by atoms with Crippen LogP contribution in [0.25, 0.3) is 0 Å². The van der Waals surface area contributed by atoms with Crippen molar-refractivity contribution in [1.29, 1.82) is 0 Å². The van der Waals surface area contributed by atoms with E-state index in [0.29, 0.717) is 17.3 Å². The molecule has 1 aliphatic rings. The molecule has 1 fully saturated rings. The molecule has 0 spiro atoms. The van der Waals surface area contributed by atoms with E-state index in [9.17, 15) is 9.90 Å². The predicted octanol–water partition coefficient (Wildman–Crippen LogP) is 2.38. The average molecular weight is 248 g/mol. The highest BCUT2D eigenvalue weighted by Gasteiger charge is 2.27. The number of nitrogens with zero attached hydrogens (tertiary/aromatic N) is 1. The lowest BCUT2D eigenvalue weighted by atomic mass is 9.98. The van der Waals surface area contributed by atoms with Gasteiger partial charge in [0.1, 0.15) is 5.75 Å².